The summed E-state index contributed by atoms with van der Waals surface area (Å²) in [6, 6.07) is 3.87. The van der Waals surface area contributed by atoms with Crippen molar-refractivity contribution in [2.75, 3.05) is 18.5 Å². The third-order valence-corrected chi connectivity index (χ3v) is 3.30. The topological polar surface area (TPSA) is 65.5 Å². The highest BCUT2D eigenvalue weighted by Crippen LogP contribution is 2.19. The molecular formula is C14H21N3O2. The number of hydrogen-bond donors (Lipinski definition) is 2. The van der Waals surface area contributed by atoms with Crippen LogP contribution in [0.4, 0.5) is 5.82 Å². The minimum absolute atomic E-state index is 0.0339. The second-order valence-corrected chi connectivity index (χ2v) is 5.21. The number of aliphatic hydroxyl groups excluding tert-OH is 1. The maximum Gasteiger partial charge on any atom is 0.255 e. The maximum atomic E-state index is 12.3. The Balaban J connectivity index is 2.07. The van der Waals surface area contributed by atoms with Gasteiger partial charge in [0, 0.05) is 18.8 Å². The summed E-state index contributed by atoms with van der Waals surface area (Å²) in [5, 5.41) is 12.4. The van der Waals surface area contributed by atoms with Gasteiger partial charge in [0.25, 0.3) is 5.91 Å². The zero-order chi connectivity index (χ0) is 13.8. The quantitative estimate of drug-likeness (QED) is 0.864. The smallest absolute Gasteiger partial charge is 0.255 e. The van der Waals surface area contributed by atoms with Crippen molar-refractivity contribution in [2.45, 2.75) is 38.8 Å². The lowest BCUT2D eigenvalue weighted by molar-refractivity contribution is 0.0677. The van der Waals surface area contributed by atoms with E-state index in [-0.39, 0.29) is 18.6 Å². The van der Waals surface area contributed by atoms with Crippen LogP contribution < -0.4 is 5.32 Å². The summed E-state index contributed by atoms with van der Waals surface area (Å²) >= 11 is 0. The molecule has 1 saturated heterocycles. The van der Waals surface area contributed by atoms with E-state index in [9.17, 15) is 9.90 Å². The minimum Gasteiger partial charge on any atom is -0.394 e. The number of carbonyl (C=O) groups is 1. The van der Waals surface area contributed by atoms with Gasteiger partial charge < -0.3 is 15.3 Å². The lowest BCUT2D eigenvalue weighted by Gasteiger charge is -2.23. The fourth-order valence-corrected chi connectivity index (χ4v) is 2.36. The summed E-state index contributed by atoms with van der Waals surface area (Å²) in [6.45, 7) is 4.83. The van der Waals surface area contributed by atoms with E-state index in [1.807, 2.05) is 19.9 Å². The summed E-state index contributed by atoms with van der Waals surface area (Å²) < 4.78 is 0. The van der Waals surface area contributed by atoms with Gasteiger partial charge in [-0.2, -0.15) is 0 Å². The summed E-state index contributed by atoms with van der Waals surface area (Å²) in [7, 11) is 0. The van der Waals surface area contributed by atoms with Crippen LogP contribution in [0.5, 0.6) is 0 Å². The van der Waals surface area contributed by atoms with Gasteiger partial charge in [0.1, 0.15) is 5.82 Å². The van der Waals surface area contributed by atoms with E-state index in [4.69, 9.17) is 0 Å². The van der Waals surface area contributed by atoms with Crippen molar-refractivity contribution < 1.29 is 9.90 Å². The molecule has 0 spiro atoms. The van der Waals surface area contributed by atoms with Gasteiger partial charge in [-0.15, -0.1) is 0 Å². The molecule has 1 aromatic rings. The normalized spacial score (nSPS) is 18.9. The van der Waals surface area contributed by atoms with Crippen molar-refractivity contribution in [3.8, 4) is 0 Å². The fourth-order valence-electron chi connectivity index (χ4n) is 2.36. The molecule has 2 heterocycles. The Labute approximate surface area is 113 Å². The molecule has 1 atom stereocenters. The molecule has 1 aliphatic heterocycles. The zero-order valence-electron chi connectivity index (χ0n) is 11.5. The van der Waals surface area contributed by atoms with Crippen LogP contribution in [0.25, 0.3) is 0 Å². The minimum atomic E-state index is -0.0415. The molecule has 1 aliphatic rings. The Morgan fingerprint density at radius 2 is 2.37 bits per heavy atom. The monoisotopic (exact) mass is 263 g/mol. The van der Waals surface area contributed by atoms with E-state index in [2.05, 4.69) is 10.3 Å². The van der Waals surface area contributed by atoms with Gasteiger partial charge in [-0.1, -0.05) is 0 Å². The Morgan fingerprint density at radius 1 is 1.58 bits per heavy atom. The highest BCUT2D eigenvalue weighted by Gasteiger charge is 2.28. The fraction of sp³-hybridized carbons (Fsp3) is 0.571. The average molecular weight is 263 g/mol. The standard InChI is InChI=1S/C14H21N3O2/c1-10(2)16-13-6-5-11(8-15-13)14(19)17-7-3-4-12(17)9-18/h5-6,8,10,12,18H,3-4,7,9H2,1-2H3,(H,15,16)/t12-/m1/s1. The maximum absolute atomic E-state index is 12.3. The van der Waals surface area contributed by atoms with E-state index in [0.29, 0.717) is 11.6 Å². The van der Waals surface area contributed by atoms with Gasteiger partial charge in [0.05, 0.1) is 18.2 Å². The summed E-state index contributed by atoms with van der Waals surface area (Å²) in [4.78, 5) is 18.3. The van der Waals surface area contributed by atoms with Crippen molar-refractivity contribution in [2.24, 2.45) is 0 Å². The first-order valence-electron chi connectivity index (χ1n) is 6.76. The molecular weight excluding hydrogens is 242 g/mol. The van der Waals surface area contributed by atoms with Crippen LogP contribution in [0.1, 0.15) is 37.0 Å². The van der Waals surface area contributed by atoms with E-state index >= 15 is 0 Å². The molecule has 0 unspecified atom stereocenters. The molecule has 0 aliphatic carbocycles. The number of likely N-dealkylation sites (tertiary alicyclic amines) is 1. The molecule has 0 aromatic carbocycles. The molecule has 2 rings (SSSR count). The SMILES string of the molecule is CC(C)Nc1ccc(C(=O)N2CCC[C@@H]2CO)cn1. The Kier molecular flexibility index (Phi) is 4.37. The summed E-state index contributed by atoms with van der Waals surface area (Å²) in [5.41, 5.74) is 0.578. The van der Waals surface area contributed by atoms with Crippen molar-refractivity contribution >= 4 is 11.7 Å². The Hall–Kier alpha value is -1.62. The number of aromatic nitrogens is 1. The number of nitrogens with one attached hydrogen (secondary N) is 1. The van der Waals surface area contributed by atoms with E-state index < -0.39 is 0 Å². The van der Waals surface area contributed by atoms with Crippen LogP contribution in [-0.2, 0) is 0 Å². The largest absolute Gasteiger partial charge is 0.394 e. The lowest BCUT2D eigenvalue weighted by Crippen LogP contribution is -2.37. The molecule has 19 heavy (non-hydrogen) atoms. The van der Waals surface area contributed by atoms with Gasteiger partial charge in [0.2, 0.25) is 0 Å². The Morgan fingerprint density at radius 3 is 2.95 bits per heavy atom. The van der Waals surface area contributed by atoms with Crippen molar-refractivity contribution in [3.63, 3.8) is 0 Å². The second kappa shape index (κ2) is 6.02. The number of amides is 1. The van der Waals surface area contributed by atoms with Crippen LogP contribution in [0, 0.1) is 0 Å². The molecule has 0 bridgehead atoms. The number of carbonyl (C=O) groups excluding carboxylic acids is 1. The van der Waals surface area contributed by atoms with E-state index in [1.54, 1.807) is 17.2 Å². The van der Waals surface area contributed by atoms with Gasteiger partial charge in [-0.3, -0.25) is 4.79 Å². The third-order valence-electron chi connectivity index (χ3n) is 3.30. The first-order chi connectivity index (χ1) is 9.11. The lowest BCUT2D eigenvalue weighted by atomic mass is 10.2. The highest BCUT2D eigenvalue weighted by molar-refractivity contribution is 5.94. The molecule has 2 N–H and O–H groups in total. The third kappa shape index (κ3) is 3.23. The molecule has 1 fully saturated rings. The molecule has 0 radical (unpaired) electrons. The highest BCUT2D eigenvalue weighted by atomic mass is 16.3. The van der Waals surface area contributed by atoms with Gasteiger partial charge in [-0.05, 0) is 38.8 Å². The molecule has 5 heteroatoms. The summed E-state index contributed by atoms with van der Waals surface area (Å²) in [6.07, 6.45) is 3.43. The van der Waals surface area contributed by atoms with Gasteiger partial charge in [-0.25, -0.2) is 4.98 Å². The van der Waals surface area contributed by atoms with E-state index in [0.717, 1.165) is 25.2 Å². The number of hydrogen-bond acceptors (Lipinski definition) is 4. The van der Waals surface area contributed by atoms with Crippen LogP contribution >= 0.6 is 0 Å². The molecule has 1 amide bonds. The zero-order valence-corrected chi connectivity index (χ0v) is 11.5. The number of aliphatic hydroxyl groups is 1. The molecule has 1 aromatic heterocycles. The molecule has 5 nitrogen and oxygen atoms in total. The van der Waals surface area contributed by atoms with Crippen LogP contribution in [0.2, 0.25) is 0 Å². The van der Waals surface area contributed by atoms with Crippen LogP contribution in [-0.4, -0.2) is 46.1 Å². The summed E-state index contributed by atoms with van der Waals surface area (Å²) in [5.74, 6) is 0.729. The number of nitrogens with zero attached hydrogens (tertiary/aromatic N) is 2. The number of pyridine rings is 1. The van der Waals surface area contributed by atoms with Crippen molar-refractivity contribution in [1.29, 1.82) is 0 Å². The Bertz CT molecular complexity index is 431. The van der Waals surface area contributed by atoms with Crippen molar-refractivity contribution in [1.82, 2.24) is 9.88 Å². The number of rotatable bonds is 4. The predicted molar refractivity (Wildman–Crippen MR) is 74.1 cm³/mol. The molecule has 104 valence electrons. The number of anilines is 1. The van der Waals surface area contributed by atoms with Crippen LogP contribution in [0.3, 0.4) is 0 Å². The second-order valence-electron chi connectivity index (χ2n) is 5.21. The average Bonchev–Trinajstić information content (AvgIpc) is 2.86. The van der Waals surface area contributed by atoms with Crippen LogP contribution in [0.15, 0.2) is 18.3 Å². The van der Waals surface area contributed by atoms with Crippen molar-refractivity contribution in [3.05, 3.63) is 23.9 Å². The molecule has 0 saturated carbocycles. The van der Waals surface area contributed by atoms with E-state index in [1.165, 1.54) is 0 Å². The first kappa shape index (κ1) is 13.8. The predicted octanol–water partition coefficient (Wildman–Crippen LogP) is 1.50. The van der Waals surface area contributed by atoms with Gasteiger partial charge in [0.15, 0.2) is 0 Å². The van der Waals surface area contributed by atoms with Gasteiger partial charge >= 0.3 is 0 Å². The first-order valence-corrected chi connectivity index (χ1v) is 6.76.